The number of nitrogens with one attached hydrogen (secondary N) is 1. The van der Waals surface area contributed by atoms with Crippen LogP contribution in [0.1, 0.15) is 45.2 Å². The molecule has 11 heteroatoms. The Hall–Kier alpha value is -5.09. The second kappa shape index (κ2) is 9.28. The Morgan fingerprint density at radius 2 is 1.82 bits per heavy atom. The summed E-state index contributed by atoms with van der Waals surface area (Å²) in [5.74, 6) is -0.532. The van der Waals surface area contributed by atoms with Gasteiger partial charge in [-0.25, -0.2) is 4.79 Å². The number of H-pyrrole nitrogens is 1. The largest absolute Gasteiger partial charge is 0.857 e. The van der Waals surface area contributed by atoms with Crippen LogP contribution in [0.3, 0.4) is 0 Å². The van der Waals surface area contributed by atoms with Gasteiger partial charge in [-0.1, -0.05) is 48.0 Å². The first-order valence-corrected chi connectivity index (χ1v) is 12.8. The molecule has 1 aliphatic heterocycles. The van der Waals surface area contributed by atoms with Crippen LogP contribution in [0.15, 0.2) is 82.1 Å². The molecular formula is C29H19ClN4O6. The van der Waals surface area contributed by atoms with Gasteiger partial charge in [-0.05, 0) is 57.8 Å². The first kappa shape index (κ1) is 24.0. The molecule has 7 rings (SSSR count). The van der Waals surface area contributed by atoms with Crippen LogP contribution >= 0.6 is 11.6 Å². The molecule has 10 nitrogen and oxygen atoms in total. The third-order valence-electron chi connectivity index (χ3n) is 7.07. The zero-order valence-electron chi connectivity index (χ0n) is 20.7. The zero-order chi connectivity index (χ0) is 27.4. The first-order valence-electron chi connectivity index (χ1n) is 12.4. The van der Waals surface area contributed by atoms with Crippen molar-refractivity contribution in [2.45, 2.75) is 12.3 Å². The summed E-state index contributed by atoms with van der Waals surface area (Å²) in [5.41, 5.74) is 2.36. The Morgan fingerprint density at radius 3 is 2.65 bits per heavy atom. The molecule has 0 bridgehead atoms. The lowest BCUT2D eigenvalue weighted by atomic mass is 9.80. The van der Waals surface area contributed by atoms with Gasteiger partial charge in [0.1, 0.15) is 0 Å². The Morgan fingerprint density at radius 1 is 1.05 bits per heavy atom. The fourth-order valence-corrected chi connectivity index (χ4v) is 5.44. The third kappa shape index (κ3) is 3.80. The van der Waals surface area contributed by atoms with Crippen molar-refractivity contribution in [1.29, 1.82) is 0 Å². The van der Waals surface area contributed by atoms with Crippen molar-refractivity contribution in [3.05, 3.63) is 116 Å². The molecule has 0 saturated carbocycles. The number of hydrogen-bond acceptors (Lipinski definition) is 7. The van der Waals surface area contributed by atoms with Crippen LogP contribution < -0.4 is 24.9 Å². The lowest BCUT2D eigenvalue weighted by molar-refractivity contribution is -0.672. The van der Waals surface area contributed by atoms with Gasteiger partial charge in [0.05, 0.1) is 16.3 Å². The molecule has 0 saturated heterocycles. The van der Waals surface area contributed by atoms with Crippen LogP contribution in [0.4, 0.5) is 0 Å². The molecule has 5 aromatic rings. The molecule has 3 aromatic carbocycles. The van der Waals surface area contributed by atoms with Crippen molar-refractivity contribution in [3.8, 4) is 23.1 Å². The summed E-state index contributed by atoms with van der Waals surface area (Å²) in [4.78, 5) is 26.7. The molecule has 40 heavy (non-hydrogen) atoms. The second-order valence-corrected chi connectivity index (χ2v) is 9.75. The number of carbonyl (C=O) groups is 1. The highest BCUT2D eigenvalue weighted by Gasteiger charge is 2.36. The molecule has 2 aromatic heterocycles. The zero-order valence-corrected chi connectivity index (χ0v) is 21.4. The molecule has 2 aliphatic rings. The predicted molar refractivity (Wildman–Crippen MR) is 141 cm³/mol. The summed E-state index contributed by atoms with van der Waals surface area (Å²) in [5, 5.41) is 20.4. The summed E-state index contributed by atoms with van der Waals surface area (Å²) >= 11 is 6.31. The van der Waals surface area contributed by atoms with Gasteiger partial charge in [0.2, 0.25) is 12.5 Å². The first-order chi connectivity index (χ1) is 19.5. The van der Waals surface area contributed by atoms with E-state index in [9.17, 15) is 14.7 Å². The van der Waals surface area contributed by atoms with Crippen molar-refractivity contribution >= 4 is 29.2 Å². The van der Waals surface area contributed by atoms with E-state index in [-0.39, 0.29) is 35.2 Å². The topological polar surface area (TPSA) is 126 Å². The molecule has 0 radical (unpaired) electrons. The number of halogens is 1. The SMILES string of the molecule is O=C(c1ccccc1Cl)n1nc([O-])c2c1C=C(c1c(=O)o[nH][n+]1-c1ccccc1)CC2c1ccc2c(c1)OCO2. The molecule has 1 atom stereocenters. The number of benzene rings is 3. The molecule has 0 amide bonds. The van der Waals surface area contributed by atoms with Crippen molar-refractivity contribution in [3.63, 3.8) is 0 Å². The summed E-state index contributed by atoms with van der Waals surface area (Å²) in [7, 11) is 0. The van der Waals surface area contributed by atoms with E-state index in [0.717, 1.165) is 10.2 Å². The predicted octanol–water partition coefficient (Wildman–Crippen LogP) is 3.66. The van der Waals surface area contributed by atoms with Crippen LogP contribution in [-0.4, -0.2) is 27.8 Å². The van der Waals surface area contributed by atoms with Crippen LogP contribution in [0.2, 0.25) is 5.02 Å². The van der Waals surface area contributed by atoms with Crippen molar-refractivity contribution in [1.82, 2.24) is 15.1 Å². The maximum Gasteiger partial charge on any atom is 0.435 e. The molecule has 198 valence electrons. The standard InChI is InChI=1S/C29H19ClN4O6/c30-21-9-5-4-8-19(21)28(36)34-22-13-17(26-29(37)40-32-33(26)18-6-2-1-3-7-18)12-20(25(22)27(35)31-34)16-10-11-23-24(14-16)39-15-38-23/h1-11,13-14,20H,12,15H2,(H-,31,32,35,37). The Balaban J connectivity index is 1.44. The average Bonchev–Trinajstić information content (AvgIpc) is 3.69. The number of carbonyl (C=O) groups excluding carboxylic acids is 1. The second-order valence-electron chi connectivity index (χ2n) is 9.34. The number of aromatic amines is 1. The summed E-state index contributed by atoms with van der Waals surface area (Å²) < 4.78 is 18.8. The minimum absolute atomic E-state index is 0.0956. The number of nitrogens with zero attached hydrogens (tertiary/aromatic N) is 3. The number of para-hydroxylation sites is 1. The van der Waals surface area contributed by atoms with Gasteiger partial charge < -0.3 is 14.6 Å². The Bertz CT molecular complexity index is 1890. The van der Waals surface area contributed by atoms with Crippen LogP contribution in [0.25, 0.3) is 17.3 Å². The molecule has 1 unspecified atom stereocenters. The monoisotopic (exact) mass is 554 g/mol. The Kier molecular flexibility index (Phi) is 5.56. The van der Waals surface area contributed by atoms with E-state index in [1.807, 2.05) is 36.4 Å². The van der Waals surface area contributed by atoms with Gasteiger partial charge >= 0.3 is 11.3 Å². The summed E-state index contributed by atoms with van der Waals surface area (Å²) in [6, 6.07) is 21.1. The molecule has 1 aliphatic carbocycles. The van der Waals surface area contributed by atoms with E-state index < -0.39 is 23.3 Å². The van der Waals surface area contributed by atoms with Crippen molar-refractivity contribution in [2.24, 2.45) is 0 Å². The van der Waals surface area contributed by atoms with E-state index in [1.165, 1.54) is 4.68 Å². The van der Waals surface area contributed by atoms with E-state index in [1.54, 1.807) is 42.5 Å². The van der Waals surface area contributed by atoms with Crippen LogP contribution in [0.5, 0.6) is 17.4 Å². The fraction of sp³-hybridized carbons (Fsp3) is 0.103. The van der Waals surface area contributed by atoms with Gasteiger partial charge in [0.25, 0.3) is 5.91 Å². The summed E-state index contributed by atoms with van der Waals surface area (Å²) in [6.45, 7) is 0.0956. The van der Waals surface area contributed by atoms with Crippen molar-refractivity contribution < 1.29 is 28.6 Å². The highest BCUT2D eigenvalue weighted by Crippen LogP contribution is 2.46. The van der Waals surface area contributed by atoms with Crippen LogP contribution in [0, 0.1) is 0 Å². The number of fused-ring (bicyclic) bond motifs is 2. The van der Waals surface area contributed by atoms with Gasteiger partial charge in [0.15, 0.2) is 11.5 Å². The van der Waals surface area contributed by atoms with Gasteiger partial charge in [-0.15, -0.1) is 0 Å². The van der Waals surface area contributed by atoms with Gasteiger partial charge in [-0.3, -0.25) is 9.32 Å². The molecule has 3 heterocycles. The van der Waals surface area contributed by atoms with Crippen molar-refractivity contribution in [2.75, 3.05) is 6.79 Å². The number of ether oxygens (including phenoxy) is 2. The lowest BCUT2D eigenvalue weighted by Crippen LogP contribution is -2.38. The van der Waals surface area contributed by atoms with Crippen LogP contribution in [-0.2, 0) is 0 Å². The summed E-state index contributed by atoms with van der Waals surface area (Å²) in [6.07, 6.45) is 1.89. The maximum absolute atomic E-state index is 13.6. The van der Waals surface area contributed by atoms with Gasteiger partial charge in [0, 0.05) is 29.5 Å². The highest BCUT2D eigenvalue weighted by atomic mass is 35.5. The van der Waals surface area contributed by atoms with E-state index in [0.29, 0.717) is 28.3 Å². The number of aromatic nitrogens is 4. The minimum atomic E-state index is -0.603. The normalized spacial score (nSPS) is 15.5. The smallest absolute Gasteiger partial charge is 0.435 e. The molecule has 1 N–H and O–H groups in total. The number of allylic oxidation sites excluding steroid dienone is 1. The quantitative estimate of drug-likeness (QED) is 0.336. The Labute approximate surface area is 231 Å². The molecule has 0 fully saturated rings. The lowest BCUT2D eigenvalue weighted by Gasteiger charge is -2.24. The number of rotatable bonds is 4. The van der Waals surface area contributed by atoms with E-state index in [2.05, 4.69) is 10.4 Å². The van der Waals surface area contributed by atoms with Gasteiger partial charge in [-0.2, -0.15) is 9.78 Å². The minimum Gasteiger partial charge on any atom is -0.857 e. The molecular weight excluding hydrogens is 536 g/mol. The molecule has 0 spiro atoms. The van der Waals surface area contributed by atoms with E-state index in [4.69, 9.17) is 25.6 Å². The van der Waals surface area contributed by atoms with E-state index >= 15 is 0 Å². The average molecular weight is 555 g/mol. The maximum atomic E-state index is 13.6. The number of hydrogen-bond donors (Lipinski definition) is 1. The highest BCUT2D eigenvalue weighted by molar-refractivity contribution is 6.33. The third-order valence-corrected chi connectivity index (χ3v) is 7.40. The fourth-order valence-electron chi connectivity index (χ4n) is 5.22.